The normalized spacial score (nSPS) is 13.7. The minimum Gasteiger partial charge on any atom is -0.481 e. The van der Waals surface area contributed by atoms with Gasteiger partial charge in [0.1, 0.15) is 6.10 Å². The third-order valence-corrected chi connectivity index (χ3v) is 3.79. The van der Waals surface area contributed by atoms with E-state index >= 15 is 0 Å². The number of unbranched alkanes of at least 4 members (excludes halogenated alkanes) is 5. The fourth-order valence-corrected chi connectivity index (χ4v) is 2.41. The van der Waals surface area contributed by atoms with E-state index in [0.717, 1.165) is 37.8 Å². The van der Waals surface area contributed by atoms with Gasteiger partial charge in [-0.05, 0) is 30.5 Å². The van der Waals surface area contributed by atoms with Gasteiger partial charge < -0.3 is 15.3 Å². The molecule has 2 unspecified atom stereocenters. The monoisotopic (exact) mass is 330 g/mol. The van der Waals surface area contributed by atoms with Gasteiger partial charge in [-0.15, -0.1) is 0 Å². The Bertz CT molecular complexity index is 493. The summed E-state index contributed by atoms with van der Waals surface area (Å²) in [5, 5.41) is 28.3. The van der Waals surface area contributed by atoms with Crippen molar-refractivity contribution in [3.05, 3.63) is 35.4 Å². The Morgan fingerprint density at radius 3 is 2.17 bits per heavy atom. The maximum atomic E-state index is 13.1. The molecule has 0 aliphatic rings. The van der Waals surface area contributed by atoms with E-state index in [4.69, 9.17) is 5.11 Å². The average Bonchev–Trinajstić information content (AvgIpc) is 2.51. The van der Waals surface area contributed by atoms with E-state index in [0.29, 0.717) is 19.3 Å². The molecule has 0 aromatic heterocycles. The summed E-state index contributed by atoms with van der Waals surface area (Å²) in [6, 6.07) is 3.08. The van der Waals surface area contributed by atoms with Crippen LogP contribution >= 0.6 is 0 Å². The molecule has 0 aliphatic carbocycles. The van der Waals surface area contributed by atoms with Crippen LogP contribution in [0.3, 0.4) is 0 Å². The molecule has 0 fully saturated rings. The Balaban J connectivity index is 2.19. The number of carboxylic acids is 1. The summed E-state index contributed by atoms with van der Waals surface area (Å²) in [6.07, 6.45) is 3.30. The molecule has 1 rings (SSSR count). The number of aliphatic carboxylic acids is 1. The van der Waals surface area contributed by atoms with Crippen molar-refractivity contribution in [1.82, 2.24) is 0 Å². The summed E-state index contributed by atoms with van der Waals surface area (Å²) in [5.74, 6) is -2.81. The first-order valence-corrected chi connectivity index (χ1v) is 7.94. The molecule has 1 aromatic rings. The van der Waals surface area contributed by atoms with E-state index in [2.05, 4.69) is 0 Å². The fourth-order valence-electron chi connectivity index (χ4n) is 2.41. The van der Waals surface area contributed by atoms with Crippen LogP contribution in [-0.2, 0) is 4.79 Å². The second kappa shape index (κ2) is 10.3. The van der Waals surface area contributed by atoms with Crippen molar-refractivity contribution in [1.29, 1.82) is 0 Å². The lowest BCUT2D eigenvalue weighted by Gasteiger charge is -2.18. The highest BCUT2D eigenvalue weighted by Crippen LogP contribution is 2.22. The van der Waals surface area contributed by atoms with Crippen LogP contribution in [0.5, 0.6) is 0 Å². The lowest BCUT2D eigenvalue weighted by Crippen LogP contribution is -2.18. The Labute approximate surface area is 134 Å². The molecule has 1 aromatic carbocycles. The molecular weight excluding hydrogens is 306 g/mol. The van der Waals surface area contributed by atoms with E-state index in [1.807, 2.05) is 0 Å². The van der Waals surface area contributed by atoms with Crippen LogP contribution in [0.25, 0.3) is 0 Å². The number of halogens is 2. The zero-order chi connectivity index (χ0) is 17.2. The number of carbonyl (C=O) groups is 1. The summed E-state index contributed by atoms with van der Waals surface area (Å²) in [5.41, 5.74) is 0.157. The lowest BCUT2D eigenvalue weighted by atomic mass is 9.99. The van der Waals surface area contributed by atoms with Crippen molar-refractivity contribution in [3.63, 3.8) is 0 Å². The number of hydrogen-bond acceptors (Lipinski definition) is 3. The van der Waals surface area contributed by atoms with E-state index in [1.54, 1.807) is 0 Å². The number of aliphatic hydroxyl groups excluding tert-OH is 2. The second-order valence-corrected chi connectivity index (χ2v) is 5.74. The number of benzene rings is 1. The molecule has 23 heavy (non-hydrogen) atoms. The van der Waals surface area contributed by atoms with Gasteiger partial charge in [0, 0.05) is 6.42 Å². The number of hydrogen-bond donors (Lipinski definition) is 3. The predicted octanol–water partition coefficient (Wildman–Crippen LogP) is 3.56. The molecular formula is C17H24F2O4. The van der Waals surface area contributed by atoms with Crippen molar-refractivity contribution in [2.75, 3.05) is 0 Å². The summed E-state index contributed by atoms with van der Waals surface area (Å²) in [6.45, 7) is 0. The van der Waals surface area contributed by atoms with Crippen molar-refractivity contribution in [2.45, 2.75) is 63.6 Å². The molecule has 3 N–H and O–H groups in total. The van der Waals surface area contributed by atoms with Crippen LogP contribution in [0.4, 0.5) is 8.78 Å². The van der Waals surface area contributed by atoms with Gasteiger partial charge in [0.15, 0.2) is 11.6 Å². The third kappa shape index (κ3) is 7.52. The van der Waals surface area contributed by atoms with Crippen LogP contribution in [-0.4, -0.2) is 27.4 Å². The van der Waals surface area contributed by atoms with Crippen LogP contribution < -0.4 is 0 Å². The predicted molar refractivity (Wildman–Crippen MR) is 81.9 cm³/mol. The summed E-state index contributed by atoms with van der Waals surface area (Å²) in [7, 11) is 0. The molecule has 4 nitrogen and oxygen atoms in total. The minimum absolute atomic E-state index is 0.157. The largest absolute Gasteiger partial charge is 0.481 e. The molecule has 130 valence electrons. The molecule has 0 spiro atoms. The van der Waals surface area contributed by atoms with E-state index < -0.39 is 29.8 Å². The first-order valence-electron chi connectivity index (χ1n) is 7.94. The molecule has 0 heterocycles. The average molecular weight is 330 g/mol. The standard InChI is InChI=1S/C17H24F2O4/c18-13-10-9-12(11-14(13)19)17(23)15(20)7-5-3-1-2-4-6-8-16(21)22/h9-11,15,17,20,23H,1-8H2,(H,21,22). The van der Waals surface area contributed by atoms with Gasteiger partial charge in [0.05, 0.1) is 6.10 Å². The zero-order valence-corrected chi connectivity index (χ0v) is 13.0. The highest BCUT2D eigenvalue weighted by molar-refractivity contribution is 5.66. The Morgan fingerprint density at radius 2 is 1.57 bits per heavy atom. The van der Waals surface area contributed by atoms with Crippen LogP contribution in [0.2, 0.25) is 0 Å². The highest BCUT2D eigenvalue weighted by Gasteiger charge is 2.19. The molecule has 2 atom stereocenters. The SMILES string of the molecule is O=C(O)CCCCCCCCC(O)C(O)c1ccc(F)c(F)c1. The molecule has 0 bridgehead atoms. The summed E-state index contributed by atoms with van der Waals surface area (Å²) in [4.78, 5) is 10.3. The topological polar surface area (TPSA) is 77.8 Å². The van der Waals surface area contributed by atoms with Crippen molar-refractivity contribution in [2.24, 2.45) is 0 Å². The smallest absolute Gasteiger partial charge is 0.303 e. The van der Waals surface area contributed by atoms with Gasteiger partial charge >= 0.3 is 5.97 Å². The number of rotatable bonds is 11. The van der Waals surface area contributed by atoms with Crippen LogP contribution in [0.15, 0.2) is 18.2 Å². The Hall–Kier alpha value is -1.53. The van der Waals surface area contributed by atoms with Gasteiger partial charge in [0.2, 0.25) is 0 Å². The van der Waals surface area contributed by atoms with E-state index in [1.165, 1.54) is 6.07 Å². The molecule has 0 amide bonds. The minimum atomic E-state index is -1.24. The second-order valence-electron chi connectivity index (χ2n) is 5.74. The maximum Gasteiger partial charge on any atom is 0.303 e. The van der Waals surface area contributed by atoms with E-state index in [9.17, 15) is 23.8 Å². The first-order chi connectivity index (χ1) is 10.9. The fraction of sp³-hybridized carbons (Fsp3) is 0.588. The first kappa shape index (κ1) is 19.5. The Morgan fingerprint density at radius 1 is 0.957 bits per heavy atom. The lowest BCUT2D eigenvalue weighted by molar-refractivity contribution is -0.137. The van der Waals surface area contributed by atoms with Gasteiger partial charge in [-0.2, -0.15) is 0 Å². The van der Waals surface area contributed by atoms with Gasteiger partial charge in [-0.25, -0.2) is 8.78 Å². The molecule has 0 radical (unpaired) electrons. The highest BCUT2D eigenvalue weighted by atomic mass is 19.2. The quantitative estimate of drug-likeness (QED) is 0.542. The number of aliphatic hydroxyl groups is 2. The van der Waals surface area contributed by atoms with Crippen LogP contribution in [0.1, 0.15) is 63.0 Å². The molecule has 6 heteroatoms. The van der Waals surface area contributed by atoms with Crippen molar-refractivity contribution in [3.8, 4) is 0 Å². The van der Waals surface area contributed by atoms with Crippen LogP contribution in [0, 0.1) is 11.6 Å². The molecule has 0 saturated heterocycles. The number of carboxylic acid groups (broad SMARTS) is 1. The van der Waals surface area contributed by atoms with Crippen molar-refractivity contribution < 1.29 is 28.9 Å². The summed E-state index contributed by atoms with van der Waals surface area (Å²) < 4.78 is 25.9. The van der Waals surface area contributed by atoms with Crippen molar-refractivity contribution >= 4 is 5.97 Å². The van der Waals surface area contributed by atoms with Gasteiger partial charge in [-0.3, -0.25) is 4.79 Å². The third-order valence-electron chi connectivity index (χ3n) is 3.79. The Kier molecular flexibility index (Phi) is 8.73. The van der Waals surface area contributed by atoms with Gasteiger partial charge in [-0.1, -0.05) is 38.2 Å². The molecule has 0 aliphatic heterocycles. The van der Waals surface area contributed by atoms with E-state index in [-0.39, 0.29) is 12.0 Å². The summed E-state index contributed by atoms with van der Waals surface area (Å²) >= 11 is 0. The maximum absolute atomic E-state index is 13.1. The zero-order valence-electron chi connectivity index (χ0n) is 13.0. The molecule has 0 saturated carbocycles. The van der Waals surface area contributed by atoms with Gasteiger partial charge in [0.25, 0.3) is 0 Å².